The van der Waals surface area contributed by atoms with Crippen molar-refractivity contribution < 1.29 is 9.47 Å². The molecule has 0 saturated carbocycles. The molecule has 2 rings (SSSR count). The average molecular weight is 572 g/mol. The first-order chi connectivity index (χ1) is 10.8. The average Bonchev–Trinajstić information content (AvgIpc) is 2.52. The monoisotopic (exact) mass is 568 g/mol. The van der Waals surface area contributed by atoms with Gasteiger partial charge in [0, 0.05) is 8.95 Å². The smallest absolute Gasteiger partial charge is 0.135 e. The summed E-state index contributed by atoms with van der Waals surface area (Å²) in [7, 11) is 0. The molecule has 0 bridgehead atoms. The fourth-order valence-electron chi connectivity index (χ4n) is 1.92. The second-order valence-corrected chi connectivity index (χ2v) is 8.43. The number of hydrogen-bond acceptors (Lipinski definition) is 2. The van der Waals surface area contributed by atoms with Crippen LogP contribution in [-0.4, -0.2) is 12.7 Å². The molecule has 0 aromatic heterocycles. The van der Waals surface area contributed by atoms with Gasteiger partial charge in [0.05, 0.1) is 8.95 Å². The third kappa shape index (κ3) is 4.74. The van der Waals surface area contributed by atoms with Crippen molar-refractivity contribution in [3.8, 4) is 11.5 Å². The summed E-state index contributed by atoms with van der Waals surface area (Å²) in [4.78, 5) is 0. The van der Waals surface area contributed by atoms with E-state index in [1.54, 1.807) is 0 Å². The predicted molar refractivity (Wildman–Crippen MR) is 109 cm³/mol. The van der Waals surface area contributed by atoms with E-state index in [1.807, 2.05) is 45.0 Å². The lowest BCUT2D eigenvalue weighted by Gasteiger charge is -2.18. The quantitative estimate of drug-likeness (QED) is 0.378. The molecule has 124 valence electrons. The SMILES string of the molecule is Cc1ccc(OCC(C)Oc2ccc(C)c(Br)c2Br)c(Br)c1Br. The Kier molecular flexibility index (Phi) is 7.01. The molecule has 0 N–H and O–H groups in total. The Morgan fingerprint density at radius 3 is 1.83 bits per heavy atom. The standard InChI is InChI=1S/C17H16Br4O2/c1-9-4-6-12(16(20)14(9)18)22-8-11(3)23-13-7-5-10(2)15(19)17(13)21/h4-7,11H,8H2,1-3H3. The Labute approximate surface area is 170 Å². The van der Waals surface area contributed by atoms with Gasteiger partial charge in [-0.15, -0.1) is 0 Å². The van der Waals surface area contributed by atoms with E-state index < -0.39 is 0 Å². The summed E-state index contributed by atoms with van der Waals surface area (Å²) in [5, 5.41) is 0. The van der Waals surface area contributed by atoms with Crippen molar-refractivity contribution in [3.63, 3.8) is 0 Å². The van der Waals surface area contributed by atoms with Gasteiger partial charge in [-0.05, 0) is 108 Å². The van der Waals surface area contributed by atoms with E-state index >= 15 is 0 Å². The molecule has 0 radical (unpaired) electrons. The molecule has 0 aliphatic carbocycles. The minimum Gasteiger partial charge on any atom is -0.489 e. The lowest BCUT2D eigenvalue weighted by atomic mass is 10.2. The van der Waals surface area contributed by atoms with Gasteiger partial charge in [-0.3, -0.25) is 0 Å². The molecule has 0 spiro atoms. The maximum Gasteiger partial charge on any atom is 0.135 e. The topological polar surface area (TPSA) is 18.5 Å². The number of rotatable bonds is 5. The highest BCUT2D eigenvalue weighted by atomic mass is 79.9. The number of aryl methyl sites for hydroxylation is 2. The third-order valence-corrected chi connectivity index (χ3v) is 7.96. The van der Waals surface area contributed by atoms with Crippen LogP contribution in [0.25, 0.3) is 0 Å². The molecule has 1 unspecified atom stereocenters. The zero-order valence-electron chi connectivity index (χ0n) is 12.9. The Hall–Kier alpha value is -0.0400. The summed E-state index contributed by atoms with van der Waals surface area (Å²) in [6.07, 6.45) is -0.0899. The fourth-order valence-corrected chi connectivity index (χ4v) is 3.67. The van der Waals surface area contributed by atoms with Crippen molar-refractivity contribution in [2.75, 3.05) is 6.61 Å². The fraction of sp³-hybridized carbons (Fsp3) is 0.294. The second-order valence-electron chi connectivity index (χ2n) is 5.26. The molecule has 2 aromatic rings. The predicted octanol–water partition coefficient (Wildman–Crippen LogP) is 7.20. The molecule has 0 heterocycles. The first-order valence-corrected chi connectivity index (χ1v) is 10.2. The van der Waals surface area contributed by atoms with Gasteiger partial charge in [0.25, 0.3) is 0 Å². The van der Waals surface area contributed by atoms with Crippen LogP contribution in [0.5, 0.6) is 11.5 Å². The van der Waals surface area contributed by atoms with E-state index in [0.29, 0.717) is 6.61 Å². The van der Waals surface area contributed by atoms with Crippen molar-refractivity contribution in [1.29, 1.82) is 0 Å². The zero-order valence-corrected chi connectivity index (χ0v) is 19.3. The van der Waals surface area contributed by atoms with Gasteiger partial charge in [0.15, 0.2) is 0 Å². The summed E-state index contributed by atoms with van der Waals surface area (Å²) >= 11 is 14.2. The van der Waals surface area contributed by atoms with Gasteiger partial charge in [0.2, 0.25) is 0 Å². The van der Waals surface area contributed by atoms with Crippen molar-refractivity contribution in [3.05, 3.63) is 53.3 Å². The lowest BCUT2D eigenvalue weighted by Crippen LogP contribution is -2.21. The van der Waals surface area contributed by atoms with Gasteiger partial charge in [-0.2, -0.15) is 0 Å². The van der Waals surface area contributed by atoms with E-state index in [-0.39, 0.29) is 6.10 Å². The molecule has 0 fully saturated rings. The molecule has 0 saturated heterocycles. The van der Waals surface area contributed by atoms with Crippen molar-refractivity contribution in [1.82, 2.24) is 0 Å². The van der Waals surface area contributed by atoms with Crippen LogP contribution in [0.2, 0.25) is 0 Å². The second kappa shape index (κ2) is 8.37. The molecular weight excluding hydrogens is 556 g/mol. The first-order valence-electron chi connectivity index (χ1n) is 7.00. The van der Waals surface area contributed by atoms with Crippen molar-refractivity contribution in [2.45, 2.75) is 26.9 Å². The van der Waals surface area contributed by atoms with Crippen LogP contribution in [0.15, 0.2) is 42.2 Å². The molecular formula is C17H16Br4O2. The molecule has 2 nitrogen and oxygen atoms in total. The van der Waals surface area contributed by atoms with Crippen LogP contribution in [0.1, 0.15) is 18.1 Å². The van der Waals surface area contributed by atoms with Gasteiger partial charge >= 0.3 is 0 Å². The lowest BCUT2D eigenvalue weighted by molar-refractivity contribution is 0.141. The van der Waals surface area contributed by atoms with E-state index in [4.69, 9.17) is 9.47 Å². The maximum absolute atomic E-state index is 5.97. The Morgan fingerprint density at radius 1 is 0.783 bits per heavy atom. The van der Waals surface area contributed by atoms with Crippen LogP contribution < -0.4 is 9.47 Å². The summed E-state index contributed by atoms with van der Waals surface area (Å²) in [5.41, 5.74) is 2.31. The van der Waals surface area contributed by atoms with Crippen LogP contribution >= 0.6 is 63.7 Å². The van der Waals surface area contributed by atoms with E-state index in [0.717, 1.165) is 40.5 Å². The van der Waals surface area contributed by atoms with Crippen LogP contribution in [0.3, 0.4) is 0 Å². The number of benzene rings is 2. The molecule has 0 amide bonds. The minimum atomic E-state index is -0.0899. The number of halogens is 4. The minimum absolute atomic E-state index is 0.0899. The highest BCUT2D eigenvalue weighted by Gasteiger charge is 2.13. The molecule has 1 atom stereocenters. The van der Waals surface area contributed by atoms with Crippen molar-refractivity contribution >= 4 is 63.7 Å². The normalized spacial score (nSPS) is 12.1. The van der Waals surface area contributed by atoms with Gasteiger partial charge in [-0.25, -0.2) is 0 Å². The highest BCUT2D eigenvalue weighted by molar-refractivity contribution is 9.13. The first kappa shape index (κ1) is 19.3. The molecule has 0 aliphatic rings. The zero-order chi connectivity index (χ0) is 17.1. The summed E-state index contributed by atoms with van der Waals surface area (Å²) in [6, 6.07) is 7.95. The van der Waals surface area contributed by atoms with E-state index in [2.05, 4.69) is 63.7 Å². The number of ether oxygens (including phenoxy) is 2. The molecule has 6 heteroatoms. The van der Waals surface area contributed by atoms with E-state index in [9.17, 15) is 0 Å². The van der Waals surface area contributed by atoms with Crippen LogP contribution in [0, 0.1) is 13.8 Å². The summed E-state index contributed by atoms with van der Waals surface area (Å²) in [5.74, 6) is 1.59. The Morgan fingerprint density at radius 2 is 1.26 bits per heavy atom. The molecule has 2 aromatic carbocycles. The molecule has 0 aliphatic heterocycles. The summed E-state index contributed by atoms with van der Waals surface area (Å²) in [6.45, 7) is 6.51. The Bertz CT molecular complexity index is 716. The van der Waals surface area contributed by atoms with E-state index in [1.165, 1.54) is 0 Å². The van der Waals surface area contributed by atoms with Gasteiger partial charge in [0.1, 0.15) is 24.2 Å². The number of hydrogen-bond donors (Lipinski definition) is 0. The van der Waals surface area contributed by atoms with Gasteiger partial charge < -0.3 is 9.47 Å². The summed E-state index contributed by atoms with van der Waals surface area (Å²) < 4.78 is 15.7. The third-order valence-electron chi connectivity index (χ3n) is 3.28. The van der Waals surface area contributed by atoms with Crippen LogP contribution in [-0.2, 0) is 0 Å². The maximum atomic E-state index is 5.97. The van der Waals surface area contributed by atoms with Crippen LogP contribution in [0.4, 0.5) is 0 Å². The largest absolute Gasteiger partial charge is 0.489 e. The van der Waals surface area contributed by atoms with Crippen molar-refractivity contribution in [2.24, 2.45) is 0 Å². The molecule has 23 heavy (non-hydrogen) atoms. The highest BCUT2D eigenvalue weighted by Crippen LogP contribution is 2.36. The Balaban J connectivity index is 2.02. The van der Waals surface area contributed by atoms with Gasteiger partial charge in [-0.1, -0.05) is 12.1 Å².